The van der Waals surface area contributed by atoms with Crippen molar-refractivity contribution >= 4 is 22.6 Å². The Kier molecular flexibility index (Phi) is 9.66. The van der Waals surface area contributed by atoms with E-state index in [-0.39, 0.29) is 0 Å². The molecule has 4 nitrogen and oxygen atoms in total. The number of hydrogen-bond acceptors (Lipinski definition) is 4. The van der Waals surface area contributed by atoms with E-state index < -0.39 is 0 Å². The summed E-state index contributed by atoms with van der Waals surface area (Å²) in [5, 5.41) is 8.76. The molecule has 0 saturated carbocycles. The molecule has 0 spiro atoms. The zero-order valence-corrected chi connectivity index (χ0v) is 29.2. The van der Waals surface area contributed by atoms with Crippen molar-refractivity contribution in [2.45, 2.75) is 6.42 Å². The Morgan fingerprint density at radius 3 is 1.55 bits per heavy atom. The number of nitrogens with zero attached hydrogens (tertiary/aromatic N) is 3. The molecule has 0 bridgehead atoms. The number of aromatic nitrogens is 2. The Bertz CT molecular complexity index is 2430. The van der Waals surface area contributed by atoms with Crippen LogP contribution in [0.3, 0.4) is 0 Å². The Balaban J connectivity index is 1.08. The second-order valence-corrected chi connectivity index (χ2v) is 12.7. The van der Waals surface area contributed by atoms with Gasteiger partial charge in [-0.15, -0.1) is 10.2 Å². The Morgan fingerprint density at radius 1 is 0.453 bits per heavy atom. The van der Waals surface area contributed by atoms with E-state index in [1.54, 1.807) is 0 Å². The zero-order valence-electron chi connectivity index (χ0n) is 29.2. The van der Waals surface area contributed by atoms with E-state index >= 15 is 0 Å². The maximum Gasteiger partial charge on any atom is 0.248 e. The fraction of sp³-hybridized carbons (Fsp3) is 0.0204. The van der Waals surface area contributed by atoms with Crippen LogP contribution in [0.1, 0.15) is 12.3 Å². The third-order valence-electron chi connectivity index (χ3n) is 9.19. The summed E-state index contributed by atoms with van der Waals surface area (Å²) in [7, 11) is 0. The third-order valence-corrected chi connectivity index (χ3v) is 9.19. The SMILES string of the molecule is C=C1/C=C\C=C/C/C=C\C(c2nnc(-c3ccc(-c4ccccc4-c4ccccc4-c4ccc(N(c5ccccc5)c5ccccc5)cc4)cc3)o2)=C/1. The second-order valence-electron chi connectivity index (χ2n) is 12.7. The van der Waals surface area contributed by atoms with Crippen LogP contribution >= 0.6 is 0 Å². The minimum atomic E-state index is 0.460. The molecule has 0 fully saturated rings. The molecule has 8 rings (SSSR count). The Hall–Kier alpha value is -7.04. The zero-order chi connectivity index (χ0) is 35.8. The number of benzene rings is 6. The largest absolute Gasteiger partial charge is 0.416 e. The van der Waals surface area contributed by atoms with Gasteiger partial charge in [0.1, 0.15) is 0 Å². The molecule has 0 saturated heterocycles. The average Bonchev–Trinajstić information content (AvgIpc) is 3.72. The van der Waals surface area contributed by atoms with Crippen LogP contribution in [0, 0.1) is 0 Å². The monoisotopic (exact) mass is 683 g/mol. The van der Waals surface area contributed by atoms with Crippen molar-refractivity contribution in [2.24, 2.45) is 0 Å². The molecule has 0 N–H and O–H groups in total. The van der Waals surface area contributed by atoms with Crippen molar-refractivity contribution in [1.82, 2.24) is 10.2 Å². The molecule has 1 aromatic heterocycles. The maximum absolute atomic E-state index is 6.17. The summed E-state index contributed by atoms with van der Waals surface area (Å²) in [6.45, 7) is 4.13. The first-order valence-corrected chi connectivity index (χ1v) is 17.8. The van der Waals surface area contributed by atoms with Gasteiger partial charge in [0.15, 0.2) is 0 Å². The van der Waals surface area contributed by atoms with Crippen molar-refractivity contribution in [3.8, 4) is 44.8 Å². The Morgan fingerprint density at radius 2 is 0.943 bits per heavy atom. The lowest BCUT2D eigenvalue weighted by atomic mass is 9.89. The molecule has 0 aliphatic heterocycles. The normalized spacial score (nSPS) is 15.5. The summed E-state index contributed by atoms with van der Waals surface area (Å²) in [5.41, 5.74) is 12.8. The van der Waals surface area contributed by atoms with Crippen LogP contribution in [0.2, 0.25) is 0 Å². The number of anilines is 3. The van der Waals surface area contributed by atoms with Crippen molar-refractivity contribution in [3.05, 3.63) is 218 Å². The molecule has 7 aromatic rings. The third kappa shape index (κ3) is 7.39. The topological polar surface area (TPSA) is 42.2 Å². The molecule has 53 heavy (non-hydrogen) atoms. The lowest BCUT2D eigenvalue weighted by Gasteiger charge is -2.25. The Labute approximate surface area is 310 Å². The highest BCUT2D eigenvalue weighted by atomic mass is 16.4. The quantitative estimate of drug-likeness (QED) is 0.160. The summed E-state index contributed by atoms with van der Waals surface area (Å²) in [5.74, 6) is 0.932. The van der Waals surface area contributed by atoms with E-state index in [0.717, 1.165) is 62.4 Å². The fourth-order valence-corrected chi connectivity index (χ4v) is 6.62. The van der Waals surface area contributed by atoms with Crippen LogP contribution in [0.25, 0.3) is 50.4 Å². The van der Waals surface area contributed by atoms with E-state index in [1.807, 2.05) is 54.6 Å². The second kappa shape index (κ2) is 15.5. The summed E-state index contributed by atoms with van der Waals surface area (Å²) < 4.78 is 6.17. The molecule has 6 aromatic carbocycles. The molecular formula is C49H37N3O. The molecule has 0 unspecified atom stereocenters. The predicted molar refractivity (Wildman–Crippen MR) is 220 cm³/mol. The summed E-state index contributed by atoms with van der Waals surface area (Å²) in [4.78, 5) is 2.28. The van der Waals surface area contributed by atoms with Gasteiger partial charge in [0, 0.05) is 28.2 Å². The van der Waals surface area contributed by atoms with E-state index in [0.29, 0.717) is 11.8 Å². The van der Waals surface area contributed by atoms with Gasteiger partial charge in [0.2, 0.25) is 11.8 Å². The van der Waals surface area contributed by atoms with Gasteiger partial charge < -0.3 is 9.32 Å². The first-order chi connectivity index (χ1) is 26.2. The van der Waals surface area contributed by atoms with Crippen molar-refractivity contribution in [1.29, 1.82) is 0 Å². The van der Waals surface area contributed by atoms with Gasteiger partial charge in [-0.2, -0.15) is 0 Å². The number of rotatable bonds is 8. The minimum absolute atomic E-state index is 0.460. The first-order valence-electron chi connectivity index (χ1n) is 17.8. The number of hydrogen-bond donors (Lipinski definition) is 0. The minimum Gasteiger partial charge on any atom is -0.416 e. The van der Waals surface area contributed by atoms with E-state index in [4.69, 9.17) is 4.42 Å². The van der Waals surface area contributed by atoms with Crippen LogP contribution < -0.4 is 4.90 Å². The molecule has 4 heteroatoms. The van der Waals surface area contributed by atoms with Gasteiger partial charge in [-0.05, 0) is 100.0 Å². The van der Waals surface area contributed by atoms with Crippen LogP contribution in [0.15, 0.2) is 217 Å². The average molecular weight is 684 g/mol. The maximum atomic E-state index is 6.17. The van der Waals surface area contributed by atoms with Gasteiger partial charge in [0.05, 0.1) is 0 Å². The van der Waals surface area contributed by atoms with Crippen molar-refractivity contribution < 1.29 is 4.42 Å². The van der Waals surface area contributed by atoms with Gasteiger partial charge in [0.25, 0.3) is 0 Å². The van der Waals surface area contributed by atoms with Gasteiger partial charge in [-0.3, -0.25) is 0 Å². The van der Waals surface area contributed by atoms with Crippen LogP contribution in [0.4, 0.5) is 17.1 Å². The fourth-order valence-electron chi connectivity index (χ4n) is 6.62. The van der Waals surface area contributed by atoms with Crippen molar-refractivity contribution in [2.75, 3.05) is 4.90 Å². The van der Waals surface area contributed by atoms with Gasteiger partial charge in [-0.1, -0.05) is 152 Å². The van der Waals surface area contributed by atoms with Gasteiger partial charge in [-0.25, -0.2) is 0 Å². The molecule has 1 heterocycles. The molecule has 254 valence electrons. The highest BCUT2D eigenvalue weighted by molar-refractivity contribution is 5.92. The highest BCUT2D eigenvalue weighted by Crippen LogP contribution is 2.40. The molecular weight excluding hydrogens is 647 g/mol. The molecule has 1 aliphatic carbocycles. The summed E-state index contributed by atoms with van der Waals surface area (Å²) >= 11 is 0. The molecule has 1 aliphatic rings. The molecule has 0 atom stereocenters. The van der Waals surface area contributed by atoms with Gasteiger partial charge >= 0.3 is 0 Å². The van der Waals surface area contributed by atoms with Crippen LogP contribution in [-0.4, -0.2) is 10.2 Å². The standard InChI is InChI=1S/C49H37N3O/c1-36-17-7-3-2-4-8-18-40(35-36)49-51-50-48(53-49)39-29-27-37(28-30-39)44-23-13-15-25-46(44)47-26-16-14-24-45(47)38-31-33-43(34-32-38)52(41-19-9-5-10-20-41)42-21-11-6-12-22-42/h2-3,5-35H,1,4H2/b3-2-,17-7-,18-8-,40-35+. The summed E-state index contributed by atoms with van der Waals surface area (Å²) in [6.07, 6.45) is 14.9. The van der Waals surface area contributed by atoms with Crippen LogP contribution in [-0.2, 0) is 0 Å². The van der Waals surface area contributed by atoms with E-state index in [1.165, 1.54) is 11.1 Å². The first kappa shape index (κ1) is 33.1. The van der Waals surface area contributed by atoms with E-state index in [9.17, 15) is 0 Å². The lowest BCUT2D eigenvalue weighted by molar-refractivity contribution is 0.554. The van der Waals surface area contributed by atoms with Crippen LogP contribution in [0.5, 0.6) is 0 Å². The number of para-hydroxylation sites is 2. The highest BCUT2D eigenvalue weighted by Gasteiger charge is 2.16. The van der Waals surface area contributed by atoms with Crippen molar-refractivity contribution in [3.63, 3.8) is 0 Å². The smallest absolute Gasteiger partial charge is 0.248 e. The number of allylic oxidation sites excluding steroid dienone is 9. The predicted octanol–water partition coefficient (Wildman–Crippen LogP) is 13.2. The summed E-state index contributed by atoms with van der Waals surface area (Å²) in [6, 6.07) is 55.4. The molecule has 0 radical (unpaired) electrons. The van der Waals surface area contributed by atoms with E-state index in [2.05, 4.69) is 167 Å². The molecule has 0 amide bonds. The lowest BCUT2D eigenvalue weighted by Crippen LogP contribution is -2.09.